The smallest absolute Gasteiger partial charge is 0.166 e. The maximum atomic E-state index is 12.2. The highest BCUT2D eigenvalue weighted by Crippen LogP contribution is 2.43. The van der Waals surface area contributed by atoms with Crippen molar-refractivity contribution >= 4 is 5.78 Å². The van der Waals surface area contributed by atoms with Crippen LogP contribution in [0.25, 0.3) is 0 Å². The second kappa shape index (κ2) is 3.56. The van der Waals surface area contributed by atoms with E-state index in [1.807, 2.05) is 37.3 Å². The van der Waals surface area contributed by atoms with E-state index in [0.717, 1.165) is 11.1 Å². The third-order valence-corrected chi connectivity index (χ3v) is 3.70. The lowest BCUT2D eigenvalue weighted by Gasteiger charge is -2.15. The number of Topliss-reactive ketones (excluding diaryl/α,β-unsaturated/α-hetero) is 1. The summed E-state index contributed by atoms with van der Waals surface area (Å²) < 4.78 is 5.47. The Kier molecular flexibility index (Phi) is 2.18. The van der Waals surface area contributed by atoms with E-state index in [4.69, 9.17) is 4.74 Å². The van der Waals surface area contributed by atoms with Crippen LogP contribution in [0.3, 0.4) is 0 Å². The molecule has 0 bridgehead atoms. The Bertz CT molecular complexity index is 459. The number of ether oxygens (including phenoxy) is 1. The van der Waals surface area contributed by atoms with Crippen LogP contribution >= 0.6 is 0 Å². The first-order valence-corrected chi connectivity index (χ1v) is 5.65. The Morgan fingerprint density at radius 2 is 2.00 bits per heavy atom. The fraction of sp³-hybridized carbons (Fsp3) is 0.357. The number of rotatable bonds is 1. The minimum atomic E-state index is -0.00120. The second-order valence-electron chi connectivity index (χ2n) is 4.52. The maximum absolute atomic E-state index is 12.2. The number of allylic oxidation sites excluding steroid dienone is 1. The van der Waals surface area contributed by atoms with Gasteiger partial charge in [-0.25, -0.2) is 0 Å². The molecule has 1 aromatic carbocycles. The van der Waals surface area contributed by atoms with Crippen LogP contribution in [0.15, 0.2) is 41.5 Å². The molecule has 0 unspecified atom stereocenters. The van der Waals surface area contributed by atoms with Gasteiger partial charge in [0.1, 0.15) is 0 Å². The molecule has 1 aliphatic heterocycles. The van der Waals surface area contributed by atoms with Crippen LogP contribution in [0.2, 0.25) is 0 Å². The van der Waals surface area contributed by atoms with Gasteiger partial charge in [-0.1, -0.05) is 30.3 Å². The average Bonchev–Trinajstić information content (AvgIpc) is 2.86. The van der Waals surface area contributed by atoms with E-state index in [-0.39, 0.29) is 17.6 Å². The molecule has 2 aliphatic rings. The molecule has 1 fully saturated rings. The van der Waals surface area contributed by atoms with E-state index in [1.165, 1.54) is 5.57 Å². The van der Waals surface area contributed by atoms with Gasteiger partial charge in [0.05, 0.1) is 19.1 Å². The van der Waals surface area contributed by atoms with Crippen molar-refractivity contribution < 1.29 is 9.53 Å². The maximum Gasteiger partial charge on any atom is 0.166 e. The van der Waals surface area contributed by atoms with Crippen molar-refractivity contribution in [3.8, 4) is 0 Å². The second-order valence-corrected chi connectivity index (χ2v) is 4.52. The minimum Gasteiger partial charge on any atom is -0.376 e. The van der Waals surface area contributed by atoms with Crippen LogP contribution < -0.4 is 0 Å². The summed E-state index contributed by atoms with van der Waals surface area (Å²) in [5, 5.41) is 0. The van der Waals surface area contributed by atoms with E-state index >= 15 is 0 Å². The Morgan fingerprint density at radius 3 is 2.75 bits per heavy atom. The summed E-state index contributed by atoms with van der Waals surface area (Å²) in [6, 6.07) is 10.0. The van der Waals surface area contributed by atoms with E-state index in [9.17, 15) is 4.79 Å². The summed E-state index contributed by atoms with van der Waals surface area (Å²) in [6.07, 6.45) is 0. The largest absolute Gasteiger partial charge is 0.376 e. The van der Waals surface area contributed by atoms with Crippen molar-refractivity contribution in [3.05, 3.63) is 47.0 Å². The lowest BCUT2D eigenvalue weighted by molar-refractivity contribution is -0.117. The lowest BCUT2D eigenvalue weighted by atomic mass is 9.86. The quantitative estimate of drug-likeness (QED) is 0.717. The summed E-state index contributed by atoms with van der Waals surface area (Å²) >= 11 is 0. The van der Waals surface area contributed by atoms with Crippen LogP contribution in [-0.2, 0) is 9.53 Å². The van der Waals surface area contributed by atoms with Crippen molar-refractivity contribution in [3.63, 3.8) is 0 Å². The van der Waals surface area contributed by atoms with Crippen molar-refractivity contribution in [2.45, 2.75) is 12.8 Å². The molecular formula is C14H14O2. The molecule has 3 rings (SSSR count). The van der Waals surface area contributed by atoms with Crippen LogP contribution in [0, 0.1) is 5.92 Å². The molecular weight excluding hydrogens is 200 g/mol. The topological polar surface area (TPSA) is 26.3 Å². The van der Waals surface area contributed by atoms with Crippen LogP contribution in [0.5, 0.6) is 0 Å². The van der Waals surface area contributed by atoms with Gasteiger partial charge in [0.2, 0.25) is 0 Å². The Balaban J connectivity index is 2.03. The fourth-order valence-electron chi connectivity index (χ4n) is 2.81. The Labute approximate surface area is 94.9 Å². The Morgan fingerprint density at radius 1 is 1.25 bits per heavy atom. The van der Waals surface area contributed by atoms with Crippen molar-refractivity contribution in [1.82, 2.24) is 0 Å². The van der Waals surface area contributed by atoms with Gasteiger partial charge in [-0.3, -0.25) is 4.79 Å². The summed E-state index contributed by atoms with van der Waals surface area (Å²) in [7, 11) is 0. The van der Waals surface area contributed by atoms with Crippen molar-refractivity contribution in [2.75, 3.05) is 13.2 Å². The van der Waals surface area contributed by atoms with Crippen molar-refractivity contribution in [2.24, 2.45) is 5.92 Å². The molecule has 0 N–H and O–H groups in total. The zero-order valence-electron chi connectivity index (χ0n) is 9.27. The molecule has 2 atom stereocenters. The van der Waals surface area contributed by atoms with Crippen molar-refractivity contribution in [1.29, 1.82) is 0 Å². The first-order chi connectivity index (χ1) is 7.79. The lowest BCUT2D eigenvalue weighted by Crippen LogP contribution is -2.16. The van der Waals surface area contributed by atoms with E-state index in [1.54, 1.807) is 0 Å². The van der Waals surface area contributed by atoms with Gasteiger partial charge in [-0.05, 0) is 23.6 Å². The molecule has 1 saturated heterocycles. The van der Waals surface area contributed by atoms with Gasteiger partial charge in [0.15, 0.2) is 5.78 Å². The van der Waals surface area contributed by atoms with Crippen LogP contribution in [0.1, 0.15) is 18.4 Å². The zero-order chi connectivity index (χ0) is 11.1. The van der Waals surface area contributed by atoms with Gasteiger partial charge in [0.25, 0.3) is 0 Å². The van der Waals surface area contributed by atoms with E-state index < -0.39 is 0 Å². The molecule has 1 heterocycles. The van der Waals surface area contributed by atoms with E-state index in [0.29, 0.717) is 13.2 Å². The van der Waals surface area contributed by atoms with Crippen LogP contribution in [-0.4, -0.2) is 19.0 Å². The molecule has 0 radical (unpaired) electrons. The number of benzene rings is 1. The summed E-state index contributed by atoms with van der Waals surface area (Å²) in [5.74, 6) is 0.572. The molecule has 1 aromatic rings. The van der Waals surface area contributed by atoms with Gasteiger partial charge >= 0.3 is 0 Å². The van der Waals surface area contributed by atoms with E-state index in [2.05, 4.69) is 0 Å². The molecule has 0 aromatic heterocycles. The number of ketones is 1. The van der Waals surface area contributed by atoms with Crippen LogP contribution in [0.4, 0.5) is 0 Å². The number of fused-ring (bicyclic) bond motifs is 1. The first-order valence-electron chi connectivity index (χ1n) is 5.65. The SMILES string of the molecule is CC1=C2COC[C@@H]2[C@@H](c2ccccc2)C1=O. The molecule has 16 heavy (non-hydrogen) atoms. The number of carbonyl (C=O) groups excluding carboxylic acids is 1. The minimum absolute atomic E-state index is 0.00120. The molecule has 0 saturated carbocycles. The highest BCUT2D eigenvalue weighted by molar-refractivity contribution is 6.04. The number of hydrogen-bond acceptors (Lipinski definition) is 2. The van der Waals surface area contributed by atoms with Gasteiger partial charge in [-0.2, -0.15) is 0 Å². The summed E-state index contributed by atoms with van der Waals surface area (Å²) in [6.45, 7) is 3.27. The third kappa shape index (κ3) is 1.26. The average molecular weight is 214 g/mol. The number of hydrogen-bond donors (Lipinski definition) is 0. The molecule has 2 nitrogen and oxygen atoms in total. The zero-order valence-corrected chi connectivity index (χ0v) is 9.27. The number of carbonyl (C=O) groups is 1. The third-order valence-electron chi connectivity index (χ3n) is 3.70. The molecule has 0 spiro atoms. The van der Waals surface area contributed by atoms with Gasteiger partial charge in [0, 0.05) is 5.92 Å². The highest BCUT2D eigenvalue weighted by Gasteiger charge is 2.43. The summed E-state index contributed by atoms with van der Waals surface area (Å²) in [4.78, 5) is 12.2. The predicted octanol–water partition coefficient (Wildman–Crippen LogP) is 2.32. The normalized spacial score (nSPS) is 28.7. The van der Waals surface area contributed by atoms with Gasteiger partial charge < -0.3 is 4.74 Å². The predicted molar refractivity (Wildman–Crippen MR) is 61.2 cm³/mol. The Hall–Kier alpha value is -1.41. The molecule has 1 aliphatic carbocycles. The summed E-state index contributed by atoms with van der Waals surface area (Å²) in [5.41, 5.74) is 3.27. The standard InChI is InChI=1S/C14H14O2/c1-9-11-7-16-8-12(11)13(14(9)15)10-5-3-2-4-6-10/h2-6,12-13H,7-8H2,1H3/t12-,13+/m0/s1. The first kappa shape index (κ1) is 9.79. The molecule has 82 valence electrons. The molecule has 2 heteroatoms. The highest BCUT2D eigenvalue weighted by atomic mass is 16.5. The molecule has 0 amide bonds. The fourth-order valence-corrected chi connectivity index (χ4v) is 2.81. The van der Waals surface area contributed by atoms with Gasteiger partial charge in [-0.15, -0.1) is 0 Å². The monoisotopic (exact) mass is 214 g/mol.